The Morgan fingerprint density at radius 3 is 2.76 bits per heavy atom. The van der Waals surface area contributed by atoms with Crippen LogP contribution in [0.15, 0.2) is 12.2 Å². The summed E-state index contributed by atoms with van der Waals surface area (Å²) in [4.78, 5) is 0. The lowest BCUT2D eigenvalue weighted by Gasteiger charge is -1.97. The molecular formula is C16H26O. The van der Waals surface area contributed by atoms with Crippen molar-refractivity contribution in [1.29, 1.82) is 0 Å². The third kappa shape index (κ3) is 7.23. The summed E-state index contributed by atoms with van der Waals surface area (Å²) < 4.78 is 0. The van der Waals surface area contributed by atoms with Crippen LogP contribution < -0.4 is 0 Å². The zero-order valence-electron chi connectivity index (χ0n) is 11.3. The van der Waals surface area contributed by atoms with Crippen molar-refractivity contribution in [1.82, 2.24) is 0 Å². The normalized spacial score (nSPS) is 24.4. The molecule has 0 saturated heterocycles. The first-order valence-electron chi connectivity index (χ1n) is 7.08. The summed E-state index contributed by atoms with van der Waals surface area (Å²) in [7, 11) is 0. The van der Waals surface area contributed by atoms with Crippen molar-refractivity contribution in [3.63, 3.8) is 0 Å². The summed E-state index contributed by atoms with van der Waals surface area (Å²) in [6.45, 7) is 3.95. The van der Waals surface area contributed by atoms with E-state index in [1.165, 1.54) is 38.5 Å². The van der Waals surface area contributed by atoms with E-state index in [-0.39, 0.29) is 0 Å². The van der Waals surface area contributed by atoms with Gasteiger partial charge in [0.15, 0.2) is 0 Å². The highest BCUT2D eigenvalue weighted by Gasteiger charge is 2.34. The van der Waals surface area contributed by atoms with Gasteiger partial charge in [-0.2, -0.15) is 0 Å². The molecule has 1 N–H and O–H groups in total. The summed E-state index contributed by atoms with van der Waals surface area (Å²) in [5.74, 6) is 7.58. The SMILES string of the molecule is CCCCC[C@@H]1C[C@H]1CC/C=C\C#C[C@@H](C)O. The summed E-state index contributed by atoms with van der Waals surface area (Å²) in [6, 6.07) is 0. The Balaban J connectivity index is 1.97. The lowest BCUT2D eigenvalue weighted by atomic mass is 10.1. The predicted octanol–water partition coefficient (Wildman–Crippen LogP) is 3.92. The van der Waals surface area contributed by atoms with Crippen LogP contribution >= 0.6 is 0 Å². The molecule has 0 aromatic carbocycles. The number of aliphatic hydroxyl groups excluding tert-OH is 1. The number of aliphatic hydroxyl groups is 1. The second-order valence-corrected chi connectivity index (χ2v) is 5.20. The highest BCUT2D eigenvalue weighted by Crippen LogP contribution is 2.45. The first-order valence-corrected chi connectivity index (χ1v) is 7.08. The van der Waals surface area contributed by atoms with Crippen molar-refractivity contribution in [3.8, 4) is 11.8 Å². The Kier molecular flexibility index (Phi) is 7.05. The van der Waals surface area contributed by atoms with E-state index in [2.05, 4.69) is 24.8 Å². The van der Waals surface area contributed by atoms with Crippen molar-refractivity contribution in [2.75, 3.05) is 0 Å². The molecule has 1 rings (SSSR count). The van der Waals surface area contributed by atoms with Crippen molar-refractivity contribution in [2.45, 2.75) is 64.9 Å². The van der Waals surface area contributed by atoms with Gasteiger partial charge in [-0.05, 0) is 44.1 Å². The van der Waals surface area contributed by atoms with Gasteiger partial charge in [0.2, 0.25) is 0 Å². The Hall–Kier alpha value is -0.740. The standard InChI is InChI=1S/C16H26O/c1-3-4-7-11-15-13-16(15)12-9-6-5-8-10-14(2)17/h5-6,14-17H,3-4,7,9,11-13H2,1-2H3/b6-5-/t14-,15-,16-/m1/s1. The first kappa shape index (κ1) is 14.3. The lowest BCUT2D eigenvalue weighted by Crippen LogP contribution is -1.91. The monoisotopic (exact) mass is 234 g/mol. The van der Waals surface area contributed by atoms with Gasteiger partial charge in [-0.3, -0.25) is 0 Å². The smallest absolute Gasteiger partial charge is 0.112 e. The van der Waals surface area contributed by atoms with Gasteiger partial charge >= 0.3 is 0 Å². The Morgan fingerprint density at radius 1 is 1.29 bits per heavy atom. The van der Waals surface area contributed by atoms with Gasteiger partial charge < -0.3 is 5.11 Å². The maximum Gasteiger partial charge on any atom is 0.112 e. The van der Waals surface area contributed by atoms with Gasteiger partial charge in [0.1, 0.15) is 6.10 Å². The molecule has 0 amide bonds. The van der Waals surface area contributed by atoms with Crippen LogP contribution in [0, 0.1) is 23.7 Å². The molecule has 1 saturated carbocycles. The molecule has 96 valence electrons. The third-order valence-electron chi connectivity index (χ3n) is 3.45. The van der Waals surface area contributed by atoms with E-state index in [0.717, 1.165) is 18.3 Å². The van der Waals surface area contributed by atoms with Gasteiger partial charge in [-0.25, -0.2) is 0 Å². The molecule has 1 heteroatoms. The van der Waals surface area contributed by atoms with Crippen molar-refractivity contribution in [2.24, 2.45) is 11.8 Å². The van der Waals surface area contributed by atoms with Gasteiger partial charge in [-0.1, -0.05) is 50.5 Å². The minimum Gasteiger partial charge on any atom is -0.381 e. The zero-order chi connectivity index (χ0) is 12.5. The summed E-state index contributed by atoms with van der Waals surface area (Å²) in [5.41, 5.74) is 0. The molecule has 0 spiro atoms. The van der Waals surface area contributed by atoms with E-state index in [0.29, 0.717) is 0 Å². The minimum absolute atomic E-state index is 0.508. The molecule has 0 radical (unpaired) electrons. The maximum atomic E-state index is 8.94. The van der Waals surface area contributed by atoms with Crippen molar-refractivity contribution in [3.05, 3.63) is 12.2 Å². The van der Waals surface area contributed by atoms with Gasteiger partial charge in [-0.15, -0.1) is 0 Å². The quantitative estimate of drug-likeness (QED) is 0.523. The fraction of sp³-hybridized carbons (Fsp3) is 0.750. The lowest BCUT2D eigenvalue weighted by molar-refractivity contribution is 0.253. The van der Waals surface area contributed by atoms with Crippen LogP contribution in [0.25, 0.3) is 0 Å². The van der Waals surface area contributed by atoms with Gasteiger partial charge in [0.05, 0.1) is 0 Å². The fourth-order valence-electron chi connectivity index (χ4n) is 2.30. The van der Waals surface area contributed by atoms with Gasteiger partial charge in [0, 0.05) is 0 Å². The molecule has 0 aliphatic heterocycles. The third-order valence-corrected chi connectivity index (χ3v) is 3.45. The second kappa shape index (κ2) is 8.37. The number of unbranched alkanes of at least 4 members (excludes halogenated alkanes) is 2. The molecule has 1 fully saturated rings. The molecule has 0 bridgehead atoms. The van der Waals surface area contributed by atoms with Crippen molar-refractivity contribution >= 4 is 0 Å². The first-order chi connectivity index (χ1) is 8.24. The van der Waals surface area contributed by atoms with E-state index in [9.17, 15) is 0 Å². The van der Waals surface area contributed by atoms with Crippen LogP contribution in [-0.4, -0.2) is 11.2 Å². The molecule has 0 unspecified atom stereocenters. The minimum atomic E-state index is -0.508. The molecule has 3 atom stereocenters. The summed E-state index contributed by atoms with van der Waals surface area (Å²) >= 11 is 0. The topological polar surface area (TPSA) is 20.2 Å². The van der Waals surface area contributed by atoms with Crippen molar-refractivity contribution < 1.29 is 5.11 Å². The zero-order valence-corrected chi connectivity index (χ0v) is 11.3. The molecule has 0 heterocycles. The summed E-state index contributed by atoms with van der Waals surface area (Å²) in [5, 5.41) is 8.94. The number of hydrogen-bond donors (Lipinski definition) is 1. The molecule has 17 heavy (non-hydrogen) atoms. The predicted molar refractivity (Wildman–Crippen MR) is 73.6 cm³/mol. The van der Waals surface area contributed by atoms with Gasteiger partial charge in [0.25, 0.3) is 0 Å². The van der Waals surface area contributed by atoms with Crippen LogP contribution in [0.3, 0.4) is 0 Å². The average Bonchev–Trinajstić information content (AvgIpc) is 3.02. The number of rotatable bonds is 7. The molecule has 1 aliphatic rings. The van der Waals surface area contributed by atoms with Crippen LogP contribution in [0.1, 0.15) is 58.8 Å². The Labute approximate surface area is 106 Å². The summed E-state index contributed by atoms with van der Waals surface area (Å²) in [6.07, 6.45) is 13.0. The molecule has 1 nitrogen and oxygen atoms in total. The fourth-order valence-corrected chi connectivity index (χ4v) is 2.30. The van der Waals surface area contributed by atoms with E-state index in [4.69, 9.17) is 5.11 Å². The Bertz CT molecular complexity index is 280. The molecular weight excluding hydrogens is 208 g/mol. The Morgan fingerprint density at radius 2 is 2.06 bits per heavy atom. The van der Waals surface area contributed by atoms with Crippen LogP contribution in [0.2, 0.25) is 0 Å². The van der Waals surface area contributed by atoms with E-state index in [1.54, 1.807) is 6.92 Å². The van der Waals surface area contributed by atoms with E-state index < -0.39 is 6.10 Å². The number of allylic oxidation sites excluding steroid dienone is 2. The van der Waals surface area contributed by atoms with Crippen LogP contribution in [0.4, 0.5) is 0 Å². The molecule has 1 aliphatic carbocycles. The molecule has 0 aromatic rings. The molecule has 0 aromatic heterocycles. The largest absolute Gasteiger partial charge is 0.381 e. The maximum absolute atomic E-state index is 8.94. The van der Waals surface area contributed by atoms with E-state index >= 15 is 0 Å². The second-order valence-electron chi connectivity index (χ2n) is 5.20. The van der Waals surface area contributed by atoms with Crippen LogP contribution in [0.5, 0.6) is 0 Å². The van der Waals surface area contributed by atoms with Crippen LogP contribution in [-0.2, 0) is 0 Å². The average molecular weight is 234 g/mol. The highest BCUT2D eigenvalue weighted by atomic mass is 16.3. The number of hydrogen-bond acceptors (Lipinski definition) is 1. The highest BCUT2D eigenvalue weighted by molar-refractivity contribution is 5.17. The van der Waals surface area contributed by atoms with E-state index in [1.807, 2.05) is 6.08 Å².